The van der Waals surface area contributed by atoms with Crippen LogP contribution in [0.3, 0.4) is 0 Å². The van der Waals surface area contributed by atoms with Gasteiger partial charge in [-0.25, -0.2) is 24.0 Å². The lowest BCUT2D eigenvalue weighted by molar-refractivity contribution is -0.132. The van der Waals surface area contributed by atoms with Gasteiger partial charge in [0.15, 0.2) is 11.6 Å². The third-order valence-corrected chi connectivity index (χ3v) is 2.74. The highest BCUT2D eigenvalue weighted by Gasteiger charge is 2.20. The molecule has 0 saturated carbocycles. The molecule has 98 valence electrons. The number of fused-ring (bicyclic) bond motifs is 1. The third-order valence-electron chi connectivity index (χ3n) is 2.74. The van der Waals surface area contributed by atoms with Crippen LogP contribution in [0.15, 0.2) is 23.9 Å². The molecule has 3 N–H and O–H groups in total. The van der Waals surface area contributed by atoms with Crippen molar-refractivity contribution in [3.05, 3.63) is 35.5 Å². The summed E-state index contributed by atoms with van der Waals surface area (Å²) < 4.78 is 26.1. The van der Waals surface area contributed by atoms with Crippen molar-refractivity contribution < 1.29 is 18.7 Å². The number of halogens is 2. The second-order valence-corrected chi connectivity index (χ2v) is 4.01. The summed E-state index contributed by atoms with van der Waals surface area (Å²) in [7, 11) is 0. The predicted octanol–water partition coefficient (Wildman–Crippen LogP) is 1.13. The van der Waals surface area contributed by atoms with Crippen molar-refractivity contribution in [1.29, 1.82) is 0 Å². The number of H-pyrrole nitrogens is 1. The fourth-order valence-corrected chi connectivity index (χ4v) is 1.79. The van der Waals surface area contributed by atoms with Crippen LogP contribution in [0.2, 0.25) is 0 Å². The fourth-order valence-electron chi connectivity index (χ4n) is 1.79. The molecular weight excluding hydrogens is 258 g/mol. The van der Waals surface area contributed by atoms with Gasteiger partial charge in [0.05, 0.1) is 16.6 Å². The monoisotopic (exact) mass is 266 g/mol. The number of aliphatic carboxylic acids is 1. The summed E-state index contributed by atoms with van der Waals surface area (Å²) in [5.74, 6) is -2.74. The second-order valence-electron chi connectivity index (χ2n) is 4.01. The number of aromatic nitrogens is 2. The van der Waals surface area contributed by atoms with Crippen LogP contribution in [0.4, 0.5) is 14.7 Å². The number of anilines is 1. The average molecular weight is 266 g/mol. The van der Waals surface area contributed by atoms with Gasteiger partial charge in [0.2, 0.25) is 5.95 Å². The summed E-state index contributed by atoms with van der Waals surface area (Å²) in [6, 6.07) is 1.97. The lowest BCUT2D eigenvalue weighted by atomic mass is 10.3. The molecule has 0 spiro atoms. The van der Waals surface area contributed by atoms with Crippen molar-refractivity contribution in [2.75, 3.05) is 11.6 Å². The summed E-state index contributed by atoms with van der Waals surface area (Å²) in [5.41, 5.74) is 3.52. The maximum Gasteiger partial charge on any atom is 0.334 e. The van der Waals surface area contributed by atoms with E-state index < -0.39 is 17.6 Å². The van der Waals surface area contributed by atoms with E-state index in [0.717, 1.165) is 12.1 Å². The van der Waals surface area contributed by atoms with E-state index in [1.54, 1.807) is 0 Å². The smallest absolute Gasteiger partial charge is 0.334 e. The summed E-state index contributed by atoms with van der Waals surface area (Å²) in [4.78, 5) is 17.6. The van der Waals surface area contributed by atoms with Crippen molar-refractivity contribution in [2.45, 2.75) is 0 Å². The molecule has 0 amide bonds. The van der Waals surface area contributed by atoms with Gasteiger partial charge in [0.25, 0.3) is 0 Å². The van der Waals surface area contributed by atoms with E-state index in [0.29, 0.717) is 5.52 Å². The number of carboxylic acids is 1. The van der Waals surface area contributed by atoms with E-state index in [4.69, 9.17) is 5.11 Å². The molecule has 1 aromatic heterocycles. The van der Waals surface area contributed by atoms with Gasteiger partial charge < -0.3 is 10.1 Å². The van der Waals surface area contributed by atoms with E-state index in [1.165, 1.54) is 11.2 Å². The number of rotatable bonds is 2. The number of nitrogens with zero attached hydrogens (tertiary/aromatic N) is 2. The molecule has 1 aromatic carbocycles. The maximum absolute atomic E-state index is 13.1. The molecule has 2 aromatic rings. The largest absolute Gasteiger partial charge is 0.478 e. The minimum absolute atomic E-state index is 0.148. The first-order valence-electron chi connectivity index (χ1n) is 5.36. The van der Waals surface area contributed by atoms with Gasteiger partial charge in [0, 0.05) is 24.9 Å². The Labute approximate surface area is 105 Å². The predicted molar refractivity (Wildman–Crippen MR) is 62.2 cm³/mol. The molecule has 0 unspecified atom stereocenters. The quantitative estimate of drug-likeness (QED) is 0.759. The molecule has 0 saturated heterocycles. The highest BCUT2D eigenvalue weighted by atomic mass is 19.2. The SMILES string of the molecule is O=C(O)C1=CN(c2nc3cc(F)c(F)cc3[nH]2)NC1. The van der Waals surface area contributed by atoms with E-state index >= 15 is 0 Å². The Hall–Kier alpha value is -2.48. The summed E-state index contributed by atoms with van der Waals surface area (Å²) in [6.45, 7) is 0.148. The zero-order chi connectivity index (χ0) is 13.6. The van der Waals surface area contributed by atoms with Gasteiger partial charge in [-0.1, -0.05) is 0 Å². The molecule has 0 radical (unpaired) electrons. The van der Waals surface area contributed by atoms with Crippen molar-refractivity contribution >= 4 is 23.0 Å². The van der Waals surface area contributed by atoms with Crippen LogP contribution in [0, 0.1) is 11.6 Å². The van der Waals surface area contributed by atoms with Gasteiger partial charge in [-0.15, -0.1) is 0 Å². The van der Waals surface area contributed by atoms with Crippen molar-refractivity contribution in [3.63, 3.8) is 0 Å². The topological polar surface area (TPSA) is 81.2 Å². The van der Waals surface area contributed by atoms with Crippen LogP contribution in [0.25, 0.3) is 11.0 Å². The Bertz CT molecular complexity index is 671. The van der Waals surface area contributed by atoms with Crippen LogP contribution < -0.4 is 10.4 Å². The van der Waals surface area contributed by atoms with Gasteiger partial charge in [0.1, 0.15) is 0 Å². The van der Waals surface area contributed by atoms with Gasteiger partial charge >= 0.3 is 5.97 Å². The number of hydrazine groups is 1. The second kappa shape index (κ2) is 4.02. The molecule has 3 rings (SSSR count). The van der Waals surface area contributed by atoms with E-state index in [9.17, 15) is 13.6 Å². The molecule has 0 atom stereocenters. The first-order valence-corrected chi connectivity index (χ1v) is 5.36. The number of hydrogen-bond acceptors (Lipinski definition) is 4. The van der Waals surface area contributed by atoms with Crippen molar-refractivity contribution in [1.82, 2.24) is 15.4 Å². The van der Waals surface area contributed by atoms with Crippen LogP contribution in [-0.4, -0.2) is 27.6 Å². The molecule has 19 heavy (non-hydrogen) atoms. The van der Waals surface area contributed by atoms with Gasteiger partial charge in [-0.3, -0.25) is 5.01 Å². The molecule has 1 aliphatic heterocycles. The average Bonchev–Trinajstić information content (AvgIpc) is 2.95. The summed E-state index contributed by atoms with van der Waals surface area (Å²) in [5, 5.41) is 10.2. The minimum Gasteiger partial charge on any atom is -0.478 e. The Morgan fingerprint density at radius 1 is 1.37 bits per heavy atom. The number of aromatic amines is 1. The molecule has 0 bridgehead atoms. The number of hydrogen-bond donors (Lipinski definition) is 3. The van der Waals surface area contributed by atoms with Crippen LogP contribution in [0.5, 0.6) is 0 Å². The van der Waals surface area contributed by atoms with E-state index in [-0.39, 0.29) is 23.6 Å². The van der Waals surface area contributed by atoms with E-state index in [1.807, 2.05) is 0 Å². The number of carboxylic acid groups (broad SMARTS) is 1. The highest BCUT2D eigenvalue weighted by Crippen LogP contribution is 2.21. The summed E-state index contributed by atoms with van der Waals surface area (Å²) >= 11 is 0. The maximum atomic E-state index is 13.1. The molecule has 1 aliphatic rings. The molecule has 0 aliphatic carbocycles. The molecule has 0 fully saturated rings. The molecule has 8 heteroatoms. The van der Waals surface area contributed by atoms with Crippen LogP contribution in [-0.2, 0) is 4.79 Å². The number of carbonyl (C=O) groups is 1. The Balaban J connectivity index is 2.01. The first kappa shape index (κ1) is 11.6. The minimum atomic E-state index is -1.04. The normalized spacial score (nSPS) is 15.1. The Morgan fingerprint density at radius 3 is 2.79 bits per heavy atom. The number of nitrogens with one attached hydrogen (secondary N) is 2. The fraction of sp³-hybridized carbons (Fsp3) is 0.0909. The van der Waals surface area contributed by atoms with E-state index in [2.05, 4.69) is 15.4 Å². The number of benzene rings is 1. The lowest BCUT2D eigenvalue weighted by Crippen LogP contribution is -2.29. The summed E-state index contributed by atoms with van der Waals surface area (Å²) in [6.07, 6.45) is 1.35. The van der Waals surface area contributed by atoms with Crippen LogP contribution >= 0.6 is 0 Å². The highest BCUT2D eigenvalue weighted by molar-refractivity contribution is 5.88. The lowest BCUT2D eigenvalue weighted by Gasteiger charge is -2.10. The zero-order valence-corrected chi connectivity index (χ0v) is 9.44. The third kappa shape index (κ3) is 1.91. The zero-order valence-electron chi connectivity index (χ0n) is 9.44. The van der Waals surface area contributed by atoms with Gasteiger partial charge in [-0.2, -0.15) is 0 Å². The number of imidazole rings is 1. The standard InChI is InChI=1S/C11H8F2N4O2/c12-6-1-8-9(2-7(6)13)16-11(15-8)17-4-5(3-14-17)10(18)19/h1-2,4,14H,3H2,(H,15,16)(H,18,19). The Kier molecular flexibility index (Phi) is 2.46. The van der Waals surface area contributed by atoms with Crippen molar-refractivity contribution in [3.8, 4) is 0 Å². The Morgan fingerprint density at radius 2 is 2.11 bits per heavy atom. The molecule has 6 nitrogen and oxygen atoms in total. The molecule has 2 heterocycles. The van der Waals surface area contributed by atoms with Crippen LogP contribution in [0.1, 0.15) is 0 Å². The first-order chi connectivity index (χ1) is 9.04. The van der Waals surface area contributed by atoms with Gasteiger partial charge in [-0.05, 0) is 0 Å². The van der Waals surface area contributed by atoms with Crippen molar-refractivity contribution in [2.24, 2.45) is 0 Å². The molecular formula is C11H8F2N4O2.